The van der Waals surface area contributed by atoms with E-state index in [0.29, 0.717) is 6.54 Å². The Morgan fingerprint density at radius 1 is 1.47 bits per heavy atom. The number of hydrogen-bond acceptors (Lipinski definition) is 3. The van der Waals surface area contributed by atoms with Crippen molar-refractivity contribution in [2.45, 2.75) is 26.2 Å². The molecule has 1 amide bonds. The molecule has 0 rings (SSSR count). The third-order valence-electron chi connectivity index (χ3n) is 2.24. The summed E-state index contributed by atoms with van der Waals surface area (Å²) in [5.74, 6) is -0.115. The van der Waals surface area contributed by atoms with Crippen LogP contribution in [0.4, 0.5) is 0 Å². The number of hydrogen-bond donors (Lipinski definition) is 1. The van der Waals surface area contributed by atoms with Crippen LogP contribution in [0.1, 0.15) is 26.2 Å². The van der Waals surface area contributed by atoms with E-state index in [9.17, 15) is 13.2 Å². The fourth-order valence-electron chi connectivity index (χ4n) is 1.26. The quantitative estimate of drug-likeness (QED) is 0.492. The SMILES string of the molecule is C=CCN(CCC(=O)NCCCC)S(C)(=O)=O. The molecule has 0 spiro atoms. The third-order valence-corrected chi connectivity index (χ3v) is 3.51. The van der Waals surface area contributed by atoms with Crippen LogP contribution in [0.3, 0.4) is 0 Å². The molecule has 1 N–H and O–H groups in total. The normalized spacial score (nSPS) is 11.5. The Hall–Kier alpha value is -0.880. The number of rotatable bonds is 9. The molecule has 0 aliphatic heterocycles. The first-order valence-electron chi connectivity index (χ1n) is 5.74. The number of unbranched alkanes of at least 4 members (excludes halogenated alkanes) is 1. The molecule has 0 bridgehead atoms. The van der Waals surface area contributed by atoms with Gasteiger partial charge in [-0.3, -0.25) is 4.79 Å². The van der Waals surface area contributed by atoms with Crippen LogP contribution in [0.15, 0.2) is 12.7 Å². The Balaban J connectivity index is 4.05. The molecule has 0 saturated heterocycles. The van der Waals surface area contributed by atoms with E-state index in [-0.39, 0.29) is 25.4 Å². The maximum atomic E-state index is 11.4. The summed E-state index contributed by atoms with van der Waals surface area (Å²) < 4.78 is 23.9. The first-order chi connectivity index (χ1) is 7.91. The van der Waals surface area contributed by atoms with Crippen LogP contribution in [0.2, 0.25) is 0 Å². The summed E-state index contributed by atoms with van der Waals surface area (Å²) in [6, 6.07) is 0. The lowest BCUT2D eigenvalue weighted by atomic mass is 10.3. The molecular formula is C11H22N2O3S. The smallest absolute Gasteiger partial charge is 0.221 e. The van der Waals surface area contributed by atoms with Crippen LogP contribution in [0.25, 0.3) is 0 Å². The van der Waals surface area contributed by atoms with Crippen LogP contribution in [0, 0.1) is 0 Å². The first kappa shape index (κ1) is 16.1. The van der Waals surface area contributed by atoms with Gasteiger partial charge in [-0.15, -0.1) is 6.58 Å². The second kappa shape index (κ2) is 8.25. The van der Waals surface area contributed by atoms with Crippen LogP contribution >= 0.6 is 0 Å². The second-order valence-corrected chi connectivity index (χ2v) is 5.85. The molecule has 0 aliphatic carbocycles. The average molecular weight is 262 g/mol. The van der Waals surface area contributed by atoms with Gasteiger partial charge >= 0.3 is 0 Å². The van der Waals surface area contributed by atoms with Crippen LogP contribution in [-0.4, -0.2) is 44.5 Å². The topological polar surface area (TPSA) is 66.5 Å². The minimum Gasteiger partial charge on any atom is -0.356 e. The highest BCUT2D eigenvalue weighted by molar-refractivity contribution is 7.88. The molecule has 0 aromatic rings. The Labute approximate surface area is 104 Å². The van der Waals surface area contributed by atoms with E-state index >= 15 is 0 Å². The molecule has 0 saturated carbocycles. The molecule has 0 radical (unpaired) electrons. The maximum Gasteiger partial charge on any atom is 0.221 e. The van der Waals surface area contributed by atoms with Crippen molar-refractivity contribution in [3.05, 3.63) is 12.7 Å². The highest BCUT2D eigenvalue weighted by Crippen LogP contribution is 1.99. The molecule has 0 fully saturated rings. The summed E-state index contributed by atoms with van der Waals surface area (Å²) in [4.78, 5) is 11.4. The zero-order valence-electron chi connectivity index (χ0n) is 10.6. The van der Waals surface area contributed by atoms with Crippen LogP contribution < -0.4 is 5.32 Å². The minimum absolute atomic E-state index is 0.115. The van der Waals surface area contributed by atoms with E-state index in [1.807, 2.05) is 6.92 Å². The highest BCUT2D eigenvalue weighted by Gasteiger charge is 2.15. The Morgan fingerprint density at radius 3 is 2.59 bits per heavy atom. The lowest BCUT2D eigenvalue weighted by Crippen LogP contribution is -2.34. The number of nitrogens with zero attached hydrogens (tertiary/aromatic N) is 1. The standard InChI is InChI=1S/C11H22N2O3S/c1-4-6-8-12-11(14)7-10-13(9-5-2)17(3,15)16/h5H,2,4,6-10H2,1,3H3,(H,12,14). The van der Waals surface area contributed by atoms with Gasteiger partial charge in [0, 0.05) is 26.1 Å². The van der Waals surface area contributed by atoms with Crippen molar-refractivity contribution in [1.29, 1.82) is 0 Å². The van der Waals surface area contributed by atoms with Gasteiger partial charge in [-0.1, -0.05) is 19.4 Å². The molecule has 5 nitrogen and oxygen atoms in total. The number of nitrogens with one attached hydrogen (secondary N) is 1. The van der Waals surface area contributed by atoms with Crippen molar-refractivity contribution in [3.8, 4) is 0 Å². The molecule has 6 heteroatoms. The number of amides is 1. The van der Waals surface area contributed by atoms with Gasteiger partial charge < -0.3 is 5.32 Å². The molecule has 0 aliphatic rings. The molecule has 0 aromatic heterocycles. The van der Waals surface area contributed by atoms with Crippen LogP contribution in [-0.2, 0) is 14.8 Å². The zero-order chi connectivity index (χ0) is 13.3. The van der Waals surface area contributed by atoms with Gasteiger partial charge in [-0.25, -0.2) is 8.42 Å². The van der Waals surface area contributed by atoms with Crippen molar-refractivity contribution in [3.63, 3.8) is 0 Å². The molecule has 0 atom stereocenters. The Bertz CT molecular complexity index is 339. The van der Waals surface area contributed by atoms with Gasteiger partial charge in [0.25, 0.3) is 0 Å². The van der Waals surface area contributed by atoms with Crippen LogP contribution in [0.5, 0.6) is 0 Å². The summed E-state index contributed by atoms with van der Waals surface area (Å²) in [7, 11) is -3.27. The van der Waals surface area contributed by atoms with E-state index in [4.69, 9.17) is 0 Å². The second-order valence-electron chi connectivity index (χ2n) is 3.86. The minimum atomic E-state index is -3.27. The molecular weight excluding hydrogens is 240 g/mol. The van der Waals surface area contributed by atoms with Crippen molar-refractivity contribution >= 4 is 15.9 Å². The molecule has 17 heavy (non-hydrogen) atoms. The van der Waals surface area contributed by atoms with Gasteiger partial charge in [0.15, 0.2) is 0 Å². The predicted octanol–water partition coefficient (Wildman–Crippen LogP) is 0.740. The van der Waals surface area contributed by atoms with Crippen molar-refractivity contribution < 1.29 is 13.2 Å². The van der Waals surface area contributed by atoms with E-state index in [1.54, 1.807) is 0 Å². The largest absolute Gasteiger partial charge is 0.356 e. The predicted molar refractivity (Wildman–Crippen MR) is 69.1 cm³/mol. The molecule has 100 valence electrons. The van der Waals surface area contributed by atoms with Gasteiger partial charge in [0.1, 0.15) is 0 Å². The average Bonchev–Trinajstić information content (AvgIpc) is 2.23. The number of sulfonamides is 1. The lowest BCUT2D eigenvalue weighted by Gasteiger charge is -2.17. The van der Waals surface area contributed by atoms with Gasteiger partial charge in [0.2, 0.25) is 15.9 Å². The van der Waals surface area contributed by atoms with Crippen molar-refractivity contribution in [2.24, 2.45) is 0 Å². The van der Waals surface area contributed by atoms with E-state index in [2.05, 4.69) is 11.9 Å². The maximum absolute atomic E-state index is 11.4. The lowest BCUT2D eigenvalue weighted by molar-refractivity contribution is -0.121. The Kier molecular flexibility index (Phi) is 7.82. The molecule has 0 aromatic carbocycles. The van der Waals surface area contributed by atoms with Crippen molar-refractivity contribution in [2.75, 3.05) is 25.9 Å². The third kappa shape index (κ3) is 7.93. The fourth-order valence-corrected chi connectivity index (χ4v) is 2.05. The van der Waals surface area contributed by atoms with E-state index < -0.39 is 10.0 Å². The van der Waals surface area contributed by atoms with Gasteiger partial charge in [0.05, 0.1) is 6.26 Å². The zero-order valence-corrected chi connectivity index (χ0v) is 11.4. The summed E-state index contributed by atoms with van der Waals surface area (Å²) >= 11 is 0. The Morgan fingerprint density at radius 2 is 2.12 bits per heavy atom. The van der Waals surface area contributed by atoms with Crippen molar-refractivity contribution in [1.82, 2.24) is 9.62 Å². The summed E-state index contributed by atoms with van der Waals surface area (Å²) in [5.41, 5.74) is 0. The number of carbonyl (C=O) groups excluding carboxylic acids is 1. The summed E-state index contributed by atoms with van der Waals surface area (Å²) in [6.07, 6.45) is 4.78. The van der Waals surface area contributed by atoms with E-state index in [1.165, 1.54) is 10.4 Å². The van der Waals surface area contributed by atoms with Gasteiger partial charge in [-0.2, -0.15) is 4.31 Å². The number of carbonyl (C=O) groups is 1. The first-order valence-corrected chi connectivity index (χ1v) is 7.59. The van der Waals surface area contributed by atoms with Gasteiger partial charge in [-0.05, 0) is 6.42 Å². The highest BCUT2D eigenvalue weighted by atomic mass is 32.2. The molecule has 0 heterocycles. The monoisotopic (exact) mass is 262 g/mol. The fraction of sp³-hybridized carbons (Fsp3) is 0.727. The summed E-state index contributed by atoms with van der Waals surface area (Å²) in [6.45, 7) is 6.62. The summed E-state index contributed by atoms with van der Waals surface area (Å²) in [5, 5.41) is 2.75. The van der Waals surface area contributed by atoms with E-state index in [0.717, 1.165) is 19.1 Å². The molecule has 0 unspecified atom stereocenters.